The third kappa shape index (κ3) is 7.21. The Balaban J connectivity index is 1.38. The van der Waals surface area contributed by atoms with Gasteiger partial charge in [-0.3, -0.25) is 0 Å². The Kier molecular flexibility index (Phi) is 9.34. The molecule has 1 fully saturated rings. The Hall–Kier alpha value is -3.85. The number of allylic oxidation sites excluding steroid dienone is 4. The van der Waals surface area contributed by atoms with Crippen LogP contribution in [-0.4, -0.2) is 36.1 Å². The quantitative estimate of drug-likeness (QED) is 0.271. The molecule has 0 aliphatic carbocycles. The van der Waals surface area contributed by atoms with Crippen molar-refractivity contribution in [1.29, 1.82) is 0 Å². The van der Waals surface area contributed by atoms with Crippen LogP contribution >= 0.6 is 0 Å². The maximum atomic E-state index is 13.5. The Bertz CT molecular complexity index is 1430. The van der Waals surface area contributed by atoms with E-state index in [2.05, 4.69) is 34.6 Å². The number of benzene rings is 3. The van der Waals surface area contributed by atoms with Crippen LogP contribution in [0.2, 0.25) is 0 Å². The monoisotopic (exact) mass is 647 g/mol. The summed E-state index contributed by atoms with van der Waals surface area (Å²) >= 11 is -0.330. The number of amides is 2. The van der Waals surface area contributed by atoms with Gasteiger partial charge in [-0.1, -0.05) is 18.2 Å². The van der Waals surface area contributed by atoms with Crippen molar-refractivity contribution in [2.75, 3.05) is 13.2 Å². The number of carbonyl (C=O) groups excluding carboxylic acids is 2. The van der Waals surface area contributed by atoms with E-state index in [1.165, 1.54) is 8.60 Å². The number of ether oxygens (including phenoxy) is 2. The number of hydrogen-bond donors (Lipinski definition) is 1. The van der Waals surface area contributed by atoms with E-state index in [0.717, 1.165) is 34.4 Å². The fourth-order valence-corrected chi connectivity index (χ4v) is 6.92. The van der Waals surface area contributed by atoms with Crippen LogP contribution in [-0.2, 0) is 29.0 Å². The van der Waals surface area contributed by atoms with E-state index < -0.39 is 6.09 Å². The molecule has 1 saturated heterocycles. The van der Waals surface area contributed by atoms with Crippen LogP contribution in [0.25, 0.3) is 5.57 Å². The summed E-state index contributed by atoms with van der Waals surface area (Å²) in [6.45, 7) is 3.61. The summed E-state index contributed by atoms with van der Waals surface area (Å²) in [5, 5.41) is 3.44. The molecule has 3 aromatic rings. The van der Waals surface area contributed by atoms with Crippen molar-refractivity contribution in [3.05, 3.63) is 127 Å². The van der Waals surface area contributed by atoms with Crippen molar-refractivity contribution in [3.8, 4) is 5.75 Å². The molecular weight excluding hydrogens is 615 g/mol. The predicted molar refractivity (Wildman–Crippen MR) is 152 cm³/mol. The van der Waals surface area contributed by atoms with Crippen LogP contribution in [0, 0.1) is 0 Å². The molecule has 2 aliphatic rings. The molecule has 206 valence electrons. The molecule has 2 aliphatic heterocycles. The van der Waals surface area contributed by atoms with Gasteiger partial charge in [0.15, 0.2) is 0 Å². The standard InChI is InChI=1S/C33H32IN2O4/c1-2-35-31-15-9-14-27(21-34-31)28-16-26(18-30(20-28)39-22-25-12-7-4-8-13-25)19-32(37)36-29(23-40-33(36)38)17-24-10-5-3-6-11-24/h3-16,18,20-21,29,35H,2,17,19,22-23H2,1H3/q-1/t29-/m1/s1. The minimum absolute atomic E-state index is 0.0723. The van der Waals surface area contributed by atoms with E-state index in [4.69, 9.17) is 9.47 Å². The molecule has 0 bridgehead atoms. The SMILES string of the molecule is CCNC1=CC=CC(c2cc(CC(=O)N3C(=O)OC[C@H]3Cc3ccccc3)cc(OCc3ccccc3)c2)=C[I-]1. The number of hydrogen-bond acceptors (Lipinski definition) is 5. The fourth-order valence-electron chi connectivity index (χ4n) is 4.67. The number of nitrogens with one attached hydrogen (secondary N) is 1. The molecular formula is C33H32IN2O4-. The molecule has 5 rings (SSSR count). The molecule has 0 unspecified atom stereocenters. The summed E-state index contributed by atoms with van der Waals surface area (Å²) in [6, 6.07) is 25.5. The molecule has 40 heavy (non-hydrogen) atoms. The van der Waals surface area contributed by atoms with Gasteiger partial charge in [-0.2, -0.15) is 0 Å². The third-order valence-corrected chi connectivity index (χ3v) is 9.00. The molecule has 0 radical (unpaired) electrons. The molecule has 1 N–H and O–H groups in total. The van der Waals surface area contributed by atoms with Gasteiger partial charge < -0.3 is 0 Å². The van der Waals surface area contributed by atoms with Crippen molar-refractivity contribution < 1.29 is 40.3 Å². The van der Waals surface area contributed by atoms with Gasteiger partial charge in [-0.05, 0) is 0 Å². The van der Waals surface area contributed by atoms with Crippen molar-refractivity contribution in [1.82, 2.24) is 10.2 Å². The van der Waals surface area contributed by atoms with Crippen LogP contribution in [0.3, 0.4) is 0 Å². The fraction of sp³-hybridized carbons (Fsp3) is 0.212. The molecule has 0 saturated carbocycles. The van der Waals surface area contributed by atoms with Crippen LogP contribution < -0.4 is 31.3 Å². The first kappa shape index (κ1) is 27.7. The predicted octanol–water partition coefficient (Wildman–Crippen LogP) is 2.85. The summed E-state index contributed by atoms with van der Waals surface area (Å²) in [5.41, 5.74) is 5.00. The molecule has 2 amide bonds. The zero-order valence-corrected chi connectivity index (χ0v) is 24.5. The van der Waals surface area contributed by atoms with E-state index >= 15 is 0 Å². The molecule has 2 heterocycles. The zero-order valence-electron chi connectivity index (χ0n) is 22.4. The number of imide groups is 1. The Labute approximate surface area is 245 Å². The number of carbonyl (C=O) groups is 2. The topological polar surface area (TPSA) is 67.9 Å². The van der Waals surface area contributed by atoms with Crippen LogP contribution in [0.4, 0.5) is 4.79 Å². The van der Waals surface area contributed by atoms with E-state index in [1.807, 2.05) is 78.9 Å². The van der Waals surface area contributed by atoms with Gasteiger partial charge in [0.2, 0.25) is 0 Å². The Morgan fingerprint density at radius 2 is 1.77 bits per heavy atom. The molecule has 0 spiro atoms. The van der Waals surface area contributed by atoms with Crippen molar-refractivity contribution in [2.24, 2.45) is 0 Å². The molecule has 7 heteroatoms. The third-order valence-electron chi connectivity index (χ3n) is 6.60. The number of cyclic esters (lactones) is 1. The van der Waals surface area contributed by atoms with Gasteiger partial charge in [0.1, 0.15) is 0 Å². The van der Waals surface area contributed by atoms with Gasteiger partial charge in [0.05, 0.1) is 0 Å². The van der Waals surface area contributed by atoms with Gasteiger partial charge in [-0.25, -0.2) is 0 Å². The summed E-state index contributed by atoms with van der Waals surface area (Å²) < 4.78 is 15.0. The van der Waals surface area contributed by atoms with E-state index in [1.54, 1.807) is 0 Å². The molecule has 6 nitrogen and oxygen atoms in total. The second-order valence-electron chi connectivity index (χ2n) is 9.58. The molecule has 1 atom stereocenters. The van der Waals surface area contributed by atoms with Crippen molar-refractivity contribution in [3.63, 3.8) is 0 Å². The van der Waals surface area contributed by atoms with E-state index in [0.29, 0.717) is 18.8 Å². The van der Waals surface area contributed by atoms with Gasteiger partial charge >= 0.3 is 228 Å². The van der Waals surface area contributed by atoms with Crippen molar-refractivity contribution >= 4 is 17.6 Å². The first-order valence-electron chi connectivity index (χ1n) is 13.4. The Morgan fingerprint density at radius 3 is 2.52 bits per heavy atom. The molecule has 3 aromatic carbocycles. The average molecular weight is 648 g/mol. The van der Waals surface area contributed by atoms with Gasteiger partial charge in [-0.15, -0.1) is 0 Å². The van der Waals surface area contributed by atoms with E-state index in [-0.39, 0.29) is 46.2 Å². The first-order chi connectivity index (χ1) is 19.6. The molecule has 0 aromatic heterocycles. The number of nitrogens with zero attached hydrogens (tertiary/aromatic N) is 1. The second-order valence-corrected chi connectivity index (χ2v) is 12.0. The number of halogens is 1. The van der Waals surface area contributed by atoms with E-state index in [9.17, 15) is 9.59 Å². The second kappa shape index (κ2) is 13.5. The Morgan fingerprint density at radius 1 is 1.02 bits per heavy atom. The summed E-state index contributed by atoms with van der Waals surface area (Å²) in [4.78, 5) is 27.4. The normalized spacial score (nSPS) is 16.8. The van der Waals surface area contributed by atoms with Crippen LogP contribution in [0.5, 0.6) is 5.75 Å². The average Bonchev–Trinajstić information content (AvgIpc) is 3.17. The zero-order chi connectivity index (χ0) is 27.7. The summed E-state index contributed by atoms with van der Waals surface area (Å²) in [5.74, 6) is 0.411. The van der Waals surface area contributed by atoms with Gasteiger partial charge in [0, 0.05) is 0 Å². The van der Waals surface area contributed by atoms with Crippen LogP contribution in [0.1, 0.15) is 29.2 Å². The summed E-state index contributed by atoms with van der Waals surface area (Å²) in [7, 11) is 0. The first-order valence-corrected chi connectivity index (χ1v) is 15.7. The van der Waals surface area contributed by atoms with Gasteiger partial charge in [0.25, 0.3) is 0 Å². The maximum absolute atomic E-state index is 13.5. The number of rotatable bonds is 10. The summed E-state index contributed by atoms with van der Waals surface area (Å²) in [6.07, 6.45) is 6.35. The van der Waals surface area contributed by atoms with Crippen molar-refractivity contribution in [2.45, 2.75) is 32.4 Å². The minimum atomic E-state index is -0.580. The van der Waals surface area contributed by atoms with Crippen LogP contribution in [0.15, 0.2) is 105 Å².